The predicted octanol–water partition coefficient (Wildman–Crippen LogP) is 0.0804. The molecule has 5 heteroatoms. The molecule has 1 aliphatic heterocycles. The predicted molar refractivity (Wildman–Crippen MR) is 54.9 cm³/mol. The van der Waals surface area contributed by atoms with Crippen LogP contribution in [0.25, 0.3) is 6.08 Å². The van der Waals surface area contributed by atoms with Crippen LogP contribution >= 0.6 is 11.6 Å². The summed E-state index contributed by atoms with van der Waals surface area (Å²) in [6.45, 7) is 2.12. The maximum absolute atomic E-state index is 11.4. The lowest BCUT2D eigenvalue weighted by atomic mass is 10.3. The summed E-state index contributed by atoms with van der Waals surface area (Å²) < 4.78 is 4.87. The van der Waals surface area contributed by atoms with Crippen molar-refractivity contribution in [3.63, 3.8) is 0 Å². The van der Waals surface area contributed by atoms with Crippen LogP contribution < -0.4 is 10.6 Å². The van der Waals surface area contributed by atoms with Gasteiger partial charge < -0.3 is 4.74 Å². The minimum atomic E-state index is -0.555. The molecule has 0 N–H and O–H groups in total. The second kappa shape index (κ2) is 3.98. The van der Waals surface area contributed by atoms with E-state index in [9.17, 15) is 4.79 Å². The van der Waals surface area contributed by atoms with Gasteiger partial charge in [0.25, 0.3) is 0 Å². The van der Waals surface area contributed by atoms with Crippen LogP contribution in [0.2, 0.25) is 5.15 Å². The van der Waals surface area contributed by atoms with Gasteiger partial charge in [0.05, 0.1) is 18.2 Å². The van der Waals surface area contributed by atoms with Crippen molar-refractivity contribution in [3.8, 4) is 0 Å². The van der Waals surface area contributed by atoms with Gasteiger partial charge in [-0.1, -0.05) is 11.6 Å². The van der Waals surface area contributed by atoms with Crippen LogP contribution in [0, 0.1) is 0 Å². The Hall–Kier alpha value is -1.42. The van der Waals surface area contributed by atoms with Crippen molar-refractivity contribution in [2.45, 2.75) is 13.0 Å². The average Bonchev–Trinajstić information content (AvgIpc) is 2.60. The van der Waals surface area contributed by atoms with Crippen LogP contribution in [0.1, 0.15) is 6.92 Å². The molecule has 0 saturated heterocycles. The van der Waals surface area contributed by atoms with Crippen molar-refractivity contribution < 1.29 is 9.53 Å². The lowest BCUT2D eigenvalue weighted by Crippen LogP contribution is -2.21. The van der Waals surface area contributed by atoms with Crippen LogP contribution in [0.3, 0.4) is 0 Å². The molecular weight excluding hydrogens is 216 g/mol. The topological polar surface area (TPSA) is 51.5 Å². The minimum absolute atomic E-state index is 0.343. The zero-order valence-corrected chi connectivity index (χ0v) is 8.86. The number of nitrogens with zero attached hydrogens (tertiary/aromatic N) is 2. The molecule has 0 saturated carbocycles. The van der Waals surface area contributed by atoms with E-state index >= 15 is 0 Å². The molecule has 78 valence electrons. The van der Waals surface area contributed by atoms with E-state index < -0.39 is 6.04 Å². The smallest absolute Gasteiger partial charge is 0.334 e. The van der Waals surface area contributed by atoms with Gasteiger partial charge in [-0.25, -0.2) is 9.78 Å². The summed E-state index contributed by atoms with van der Waals surface area (Å²) in [5.41, 5.74) is 0. The molecule has 0 aliphatic carbocycles. The lowest BCUT2D eigenvalue weighted by molar-refractivity contribution is -0.142. The van der Waals surface area contributed by atoms with E-state index in [0.29, 0.717) is 17.1 Å². The fraction of sp³-hybridized carbons (Fsp3) is 0.300. The summed E-state index contributed by atoms with van der Waals surface area (Å²) in [5, 5.41) is 1.90. The van der Waals surface area contributed by atoms with Gasteiger partial charge in [0.1, 0.15) is 5.15 Å². The number of hydrogen-bond donors (Lipinski definition) is 0. The molecule has 15 heavy (non-hydrogen) atoms. The standard InChI is InChI=1S/C10H9ClN2O2/c1-2-15-10(14)7-3-6-4-9(11)12-5-8(6)13-7/h3-5,7H,2H2,1H3/t7-/m0/s1. The van der Waals surface area contributed by atoms with E-state index in [-0.39, 0.29) is 5.97 Å². The first kappa shape index (κ1) is 10.1. The molecule has 1 aromatic heterocycles. The number of rotatable bonds is 2. The number of aromatic nitrogens is 1. The quantitative estimate of drug-likeness (QED) is 0.528. The number of hydrogen-bond acceptors (Lipinski definition) is 4. The Morgan fingerprint density at radius 3 is 3.20 bits per heavy atom. The Bertz CT molecular complexity index is 513. The summed E-state index contributed by atoms with van der Waals surface area (Å²) in [4.78, 5) is 19.4. The highest BCUT2D eigenvalue weighted by Gasteiger charge is 2.18. The molecule has 2 rings (SSSR count). The SMILES string of the molecule is CCOC(=O)[C@@H]1C=c2cc(Cl)ncc2=N1. The number of pyridine rings is 1. The third kappa shape index (κ3) is 1.99. The number of esters is 1. The zero-order valence-electron chi connectivity index (χ0n) is 8.11. The summed E-state index contributed by atoms with van der Waals surface area (Å²) in [5.74, 6) is -0.343. The van der Waals surface area contributed by atoms with Gasteiger partial charge in [-0.15, -0.1) is 0 Å². The van der Waals surface area contributed by atoms with Crippen molar-refractivity contribution >= 4 is 23.6 Å². The number of ether oxygens (including phenoxy) is 1. The molecule has 1 atom stereocenters. The van der Waals surface area contributed by atoms with Gasteiger partial charge >= 0.3 is 5.97 Å². The zero-order chi connectivity index (χ0) is 10.8. The number of carbonyl (C=O) groups is 1. The number of halogens is 1. The Balaban J connectivity index is 2.35. The Morgan fingerprint density at radius 2 is 2.47 bits per heavy atom. The van der Waals surface area contributed by atoms with Crippen molar-refractivity contribution in [2.75, 3.05) is 6.61 Å². The van der Waals surface area contributed by atoms with Gasteiger partial charge in [0.15, 0.2) is 6.04 Å². The normalized spacial score (nSPS) is 17.6. The molecule has 1 aromatic rings. The van der Waals surface area contributed by atoms with E-state index in [0.717, 1.165) is 5.22 Å². The Morgan fingerprint density at radius 1 is 1.67 bits per heavy atom. The second-order valence-corrected chi connectivity index (χ2v) is 3.45. The molecule has 0 spiro atoms. The van der Waals surface area contributed by atoms with Crippen molar-refractivity contribution in [1.29, 1.82) is 0 Å². The maximum Gasteiger partial charge on any atom is 0.334 e. The lowest BCUT2D eigenvalue weighted by Gasteiger charge is -2.02. The summed E-state index contributed by atoms with van der Waals surface area (Å²) >= 11 is 5.72. The fourth-order valence-electron chi connectivity index (χ4n) is 1.38. The summed E-state index contributed by atoms with van der Waals surface area (Å²) in [7, 11) is 0. The van der Waals surface area contributed by atoms with Crippen molar-refractivity contribution in [3.05, 3.63) is 28.0 Å². The first-order valence-corrected chi connectivity index (χ1v) is 4.96. The summed E-state index contributed by atoms with van der Waals surface area (Å²) in [6.07, 6.45) is 3.27. The van der Waals surface area contributed by atoms with Crippen LogP contribution in [0.4, 0.5) is 0 Å². The van der Waals surface area contributed by atoms with Gasteiger partial charge in [-0.3, -0.25) is 4.99 Å². The highest BCUT2D eigenvalue weighted by atomic mass is 35.5. The third-order valence-electron chi connectivity index (χ3n) is 2.02. The second-order valence-electron chi connectivity index (χ2n) is 3.06. The number of fused-ring (bicyclic) bond motifs is 1. The van der Waals surface area contributed by atoms with Gasteiger partial charge in [-0.2, -0.15) is 0 Å². The van der Waals surface area contributed by atoms with Crippen LogP contribution in [-0.2, 0) is 9.53 Å². The van der Waals surface area contributed by atoms with Gasteiger partial charge in [-0.05, 0) is 19.1 Å². The van der Waals surface area contributed by atoms with E-state index in [4.69, 9.17) is 16.3 Å². The molecule has 0 radical (unpaired) electrons. The molecule has 0 amide bonds. The Labute approximate surface area is 91.3 Å². The first-order valence-electron chi connectivity index (χ1n) is 4.58. The largest absolute Gasteiger partial charge is 0.464 e. The minimum Gasteiger partial charge on any atom is -0.464 e. The first-order chi connectivity index (χ1) is 7.20. The molecule has 0 bridgehead atoms. The fourth-order valence-corrected chi connectivity index (χ4v) is 1.55. The molecule has 1 aliphatic rings. The molecular formula is C10H9ClN2O2. The van der Waals surface area contributed by atoms with Crippen molar-refractivity contribution in [1.82, 2.24) is 4.98 Å². The Kier molecular flexibility index (Phi) is 2.68. The van der Waals surface area contributed by atoms with Crippen LogP contribution in [0.5, 0.6) is 0 Å². The monoisotopic (exact) mass is 224 g/mol. The van der Waals surface area contributed by atoms with E-state index in [2.05, 4.69) is 9.98 Å². The number of carbonyl (C=O) groups excluding carboxylic acids is 1. The highest BCUT2D eigenvalue weighted by Crippen LogP contribution is 2.01. The maximum atomic E-state index is 11.4. The van der Waals surface area contributed by atoms with Gasteiger partial charge in [0.2, 0.25) is 0 Å². The molecule has 0 fully saturated rings. The molecule has 4 nitrogen and oxygen atoms in total. The van der Waals surface area contributed by atoms with E-state index in [1.165, 1.54) is 0 Å². The highest BCUT2D eigenvalue weighted by molar-refractivity contribution is 6.29. The van der Waals surface area contributed by atoms with Crippen LogP contribution in [-0.4, -0.2) is 23.6 Å². The van der Waals surface area contributed by atoms with Gasteiger partial charge in [0, 0.05) is 5.22 Å². The molecule has 2 heterocycles. The summed E-state index contributed by atoms with van der Waals surface area (Å²) in [6, 6.07) is 1.12. The third-order valence-corrected chi connectivity index (χ3v) is 2.23. The average molecular weight is 225 g/mol. The van der Waals surface area contributed by atoms with E-state index in [1.54, 1.807) is 25.3 Å². The van der Waals surface area contributed by atoms with Crippen LogP contribution in [0.15, 0.2) is 17.3 Å². The van der Waals surface area contributed by atoms with Crippen molar-refractivity contribution in [2.24, 2.45) is 4.99 Å². The molecule has 0 unspecified atom stereocenters. The van der Waals surface area contributed by atoms with E-state index in [1.807, 2.05) is 0 Å². The molecule has 0 aromatic carbocycles.